The summed E-state index contributed by atoms with van der Waals surface area (Å²) in [6, 6.07) is 3.81. The summed E-state index contributed by atoms with van der Waals surface area (Å²) in [7, 11) is 0. The molecule has 0 spiro atoms. The zero-order chi connectivity index (χ0) is 11.5. The van der Waals surface area contributed by atoms with Crippen molar-refractivity contribution in [3.8, 4) is 0 Å². The van der Waals surface area contributed by atoms with E-state index in [0.717, 1.165) is 31.0 Å². The first-order valence-corrected chi connectivity index (χ1v) is 6.66. The van der Waals surface area contributed by atoms with Crippen molar-refractivity contribution in [3.05, 3.63) is 24.0 Å². The molecule has 1 fully saturated rings. The third-order valence-electron chi connectivity index (χ3n) is 2.79. The van der Waals surface area contributed by atoms with Gasteiger partial charge in [-0.25, -0.2) is 0 Å². The molecular weight excluding hydrogens is 218 g/mol. The van der Waals surface area contributed by atoms with E-state index in [9.17, 15) is 0 Å². The van der Waals surface area contributed by atoms with E-state index in [0.29, 0.717) is 10.5 Å². The number of hydrogen-bond donors (Lipinski definition) is 1. The summed E-state index contributed by atoms with van der Waals surface area (Å²) in [5.74, 6) is 0. The van der Waals surface area contributed by atoms with Crippen LogP contribution in [0.5, 0.6) is 0 Å². The molecule has 0 aliphatic carbocycles. The minimum absolute atomic E-state index is 0.702. The first-order chi connectivity index (χ1) is 7.65. The second kappa shape index (κ2) is 5.06. The predicted octanol–water partition coefficient (Wildman–Crippen LogP) is 1.99. The van der Waals surface area contributed by atoms with Crippen LogP contribution in [0.15, 0.2) is 18.3 Å². The summed E-state index contributed by atoms with van der Waals surface area (Å²) in [6.07, 6.45) is 1.82. The van der Waals surface area contributed by atoms with Crippen LogP contribution in [0.1, 0.15) is 19.5 Å². The van der Waals surface area contributed by atoms with Gasteiger partial charge in [0.15, 0.2) is 0 Å². The highest BCUT2D eigenvalue weighted by Crippen LogP contribution is 2.26. The van der Waals surface area contributed by atoms with Crippen molar-refractivity contribution in [3.63, 3.8) is 0 Å². The average molecular weight is 237 g/mol. The normalized spacial score (nSPS) is 26.9. The summed E-state index contributed by atoms with van der Waals surface area (Å²) in [5.41, 5.74) is 7.73. The van der Waals surface area contributed by atoms with E-state index >= 15 is 0 Å². The fraction of sp³-hybridized carbons (Fsp3) is 0.583. The molecular formula is C12H19N3S. The molecule has 0 amide bonds. The van der Waals surface area contributed by atoms with Crippen LogP contribution in [0.4, 0.5) is 5.69 Å². The molecule has 0 radical (unpaired) electrons. The van der Waals surface area contributed by atoms with Crippen LogP contribution >= 0.6 is 11.8 Å². The van der Waals surface area contributed by atoms with Crippen LogP contribution in [0.25, 0.3) is 0 Å². The minimum Gasteiger partial charge on any atom is -0.397 e. The molecule has 4 heteroatoms. The number of nitrogens with two attached hydrogens (primary N) is 1. The Morgan fingerprint density at radius 3 is 2.75 bits per heavy atom. The number of aromatic nitrogens is 1. The molecule has 2 unspecified atom stereocenters. The Bertz CT molecular complexity index is 346. The van der Waals surface area contributed by atoms with Gasteiger partial charge in [-0.3, -0.25) is 9.88 Å². The lowest BCUT2D eigenvalue weighted by atomic mass is 10.2. The third-order valence-corrected chi connectivity index (χ3v) is 4.02. The summed E-state index contributed by atoms with van der Waals surface area (Å²) in [5, 5.41) is 1.40. The van der Waals surface area contributed by atoms with Crippen LogP contribution in [0.2, 0.25) is 0 Å². The van der Waals surface area contributed by atoms with Gasteiger partial charge in [-0.05, 0) is 12.1 Å². The van der Waals surface area contributed by atoms with E-state index in [1.165, 1.54) is 0 Å². The molecule has 1 aliphatic heterocycles. The van der Waals surface area contributed by atoms with Crippen molar-refractivity contribution in [1.29, 1.82) is 0 Å². The second-order valence-corrected chi connectivity index (χ2v) is 6.37. The molecule has 3 nitrogen and oxygen atoms in total. The van der Waals surface area contributed by atoms with Gasteiger partial charge in [0.1, 0.15) is 0 Å². The maximum absolute atomic E-state index is 5.91. The summed E-state index contributed by atoms with van der Waals surface area (Å²) < 4.78 is 0. The molecule has 16 heavy (non-hydrogen) atoms. The standard InChI is InChI=1S/C12H19N3S/c1-9-6-15(7-10(2)16-9)8-12-11(13)4-3-5-14-12/h3-5,9-10H,6-8,13H2,1-2H3. The molecule has 88 valence electrons. The lowest BCUT2D eigenvalue weighted by Gasteiger charge is -2.34. The highest BCUT2D eigenvalue weighted by Gasteiger charge is 2.22. The Hall–Kier alpha value is -0.740. The molecule has 1 saturated heterocycles. The topological polar surface area (TPSA) is 42.2 Å². The lowest BCUT2D eigenvalue weighted by Crippen LogP contribution is -2.40. The van der Waals surface area contributed by atoms with Crippen LogP contribution in [-0.4, -0.2) is 33.5 Å². The molecule has 1 aliphatic rings. The van der Waals surface area contributed by atoms with Gasteiger partial charge in [0.2, 0.25) is 0 Å². The van der Waals surface area contributed by atoms with Gasteiger partial charge in [-0.2, -0.15) is 11.8 Å². The Labute approximate surface area is 101 Å². The van der Waals surface area contributed by atoms with Gasteiger partial charge >= 0.3 is 0 Å². The predicted molar refractivity (Wildman–Crippen MR) is 70.4 cm³/mol. The van der Waals surface area contributed by atoms with Gasteiger partial charge in [0.25, 0.3) is 0 Å². The van der Waals surface area contributed by atoms with E-state index in [1.54, 1.807) is 0 Å². The number of thioether (sulfide) groups is 1. The molecule has 2 rings (SSSR count). The monoisotopic (exact) mass is 237 g/mol. The summed E-state index contributed by atoms with van der Waals surface area (Å²) in [6.45, 7) is 7.71. The van der Waals surface area contributed by atoms with Crippen molar-refractivity contribution in [1.82, 2.24) is 9.88 Å². The summed E-state index contributed by atoms with van der Waals surface area (Å²) in [4.78, 5) is 6.80. The highest BCUT2D eigenvalue weighted by molar-refractivity contribution is 8.00. The zero-order valence-electron chi connectivity index (χ0n) is 9.89. The van der Waals surface area contributed by atoms with E-state index in [2.05, 4.69) is 35.5 Å². The first kappa shape index (κ1) is 11.7. The van der Waals surface area contributed by atoms with Crippen molar-refractivity contribution in [2.45, 2.75) is 30.9 Å². The maximum Gasteiger partial charge on any atom is 0.0772 e. The van der Waals surface area contributed by atoms with Crippen molar-refractivity contribution in [2.24, 2.45) is 0 Å². The second-order valence-electron chi connectivity index (χ2n) is 4.49. The van der Waals surface area contributed by atoms with E-state index < -0.39 is 0 Å². The van der Waals surface area contributed by atoms with Crippen molar-refractivity contribution >= 4 is 17.4 Å². The molecule has 0 bridgehead atoms. The Morgan fingerprint density at radius 1 is 1.44 bits per heavy atom. The average Bonchev–Trinajstić information content (AvgIpc) is 2.20. The van der Waals surface area contributed by atoms with Gasteiger partial charge in [-0.1, -0.05) is 13.8 Å². The smallest absolute Gasteiger partial charge is 0.0772 e. The number of nitrogens with zero attached hydrogens (tertiary/aromatic N) is 2. The van der Waals surface area contributed by atoms with E-state index in [4.69, 9.17) is 5.73 Å². The Kier molecular flexibility index (Phi) is 3.71. The molecule has 2 atom stereocenters. The van der Waals surface area contributed by atoms with Gasteiger partial charge in [0, 0.05) is 36.3 Å². The molecule has 1 aromatic heterocycles. The maximum atomic E-state index is 5.91. The third kappa shape index (κ3) is 2.89. The molecule has 0 aromatic carbocycles. The lowest BCUT2D eigenvalue weighted by molar-refractivity contribution is 0.260. The molecule has 2 N–H and O–H groups in total. The van der Waals surface area contributed by atoms with Crippen LogP contribution in [-0.2, 0) is 6.54 Å². The SMILES string of the molecule is CC1CN(Cc2ncccc2N)CC(C)S1. The minimum atomic E-state index is 0.702. The first-order valence-electron chi connectivity index (χ1n) is 5.72. The number of nitrogen functional groups attached to an aromatic ring is 1. The quantitative estimate of drug-likeness (QED) is 0.854. The van der Waals surface area contributed by atoms with Gasteiger partial charge in [-0.15, -0.1) is 0 Å². The Balaban J connectivity index is 2.02. The zero-order valence-corrected chi connectivity index (χ0v) is 10.7. The molecule has 2 heterocycles. The number of anilines is 1. The van der Waals surface area contributed by atoms with Crippen LogP contribution < -0.4 is 5.73 Å². The Morgan fingerprint density at radius 2 is 2.12 bits per heavy atom. The van der Waals surface area contributed by atoms with Gasteiger partial charge < -0.3 is 5.73 Å². The highest BCUT2D eigenvalue weighted by atomic mass is 32.2. The fourth-order valence-electron chi connectivity index (χ4n) is 2.21. The van der Waals surface area contributed by atoms with Crippen molar-refractivity contribution in [2.75, 3.05) is 18.8 Å². The van der Waals surface area contributed by atoms with Crippen LogP contribution in [0.3, 0.4) is 0 Å². The number of hydrogen-bond acceptors (Lipinski definition) is 4. The molecule has 1 aromatic rings. The van der Waals surface area contributed by atoms with E-state index in [-0.39, 0.29) is 0 Å². The van der Waals surface area contributed by atoms with Gasteiger partial charge in [0.05, 0.1) is 11.4 Å². The van der Waals surface area contributed by atoms with Crippen molar-refractivity contribution < 1.29 is 0 Å². The number of pyridine rings is 1. The molecule has 0 saturated carbocycles. The largest absolute Gasteiger partial charge is 0.397 e. The number of rotatable bonds is 2. The summed E-state index contributed by atoms with van der Waals surface area (Å²) >= 11 is 2.07. The fourth-order valence-corrected chi connectivity index (χ4v) is 3.59. The van der Waals surface area contributed by atoms with Crippen LogP contribution in [0, 0.1) is 0 Å². The van der Waals surface area contributed by atoms with E-state index in [1.807, 2.05) is 18.3 Å².